The topological polar surface area (TPSA) is 72.5 Å². The molecule has 0 saturated carbocycles. The molecule has 0 spiro atoms. The molecule has 4 aromatic carbocycles. The Bertz CT molecular complexity index is 1840. The largest absolute Gasteiger partial charge is 0.378 e. The van der Waals surface area contributed by atoms with Crippen LogP contribution in [0, 0.1) is 6.92 Å². The quantitative estimate of drug-likeness (QED) is 0.208. The molecule has 44 heavy (non-hydrogen) atoms. The molecule has 224 valence electrons. The highest BCUT2D eigenvalue weighted by atomic mass is 32.2. The lowest BCUT2D eigenvalue weighted by Gasteiger charge is -2.35. The maximum atomic E-state index is 14.2. The van der Waals surface area contributed by atoms with Crippen LogP contribution >= 0.6 is 0 Å². The van der Waals surface area contributed by atoms with Crippen LogP contribution in [0.3, 0.4) is 0 Å². The van der Waals surface area contributed by atoms with E-state index in [2.05, 4.69) is 74.6 Å². The number of aromatic amines is 1. The van der Waals surface area contributed by atoms with Gasteiger partial charge in [0, 0.05) is 62.7 Å². The van der Waals surface area contributed by atoms with Crippen LogP contribution in [-0.2, 0) is 21.9 Å². The molecule has 0 saturated heterocycles. The Labute approximate surface area is 260 Å². The van der Waals surface area contributed by atoms with Gasteiger partial charge in [-0.2, -0.15) is 5.10 Å². The fourth-order valence-electron chi connectivity index (χ4n) is 5.84. The van der Waals surface area contributed by atoms with Gasteiger partial charge in [-0.15, -0.1) is 0 Å². The number of nitrogens with one attached hydrogen (secondary N) is 1. The predicted molar refractivity (Wildman–Crippen MR) is 181 cm³/mol. The van der Waals surface area contributed by atoms with Crippen molar-refractivity contribution < 1.29 is 8.42 Å². The van der Waals surface area contributed by atoms with E-state index in [1.54, 1.807) is 24.3 Å². The third-order valence-corrected chi connectivity index (χ3v) is 10.1. The summed E-state index contributed by atoms with van der Waals surface area (Å²) in [6.07, 6.45) is 4.81. The molecule has 6 rings (SSSR count). The molecule has 5 aromatic rings. The molecular formula is C36H37N5O2S. The second kappa shape index (κ2) is 11.4. The van der Waals surface area contributed by atoms with Gasteiger partial charge >= 0.3 is 0 Å². The number of H-pyrrole nitrogens is 1. The first-order valence-corrected chi connectivity index (χ1v) is 16.0. The summed E-state index contributed by atoms with van der Waals surface area (Å²) >= 11 is 0. The highest BCUT2D eigenvalue weighted by molar-refractivity contribution is 7.93. The van der Waals surface area contributed by atoms with E-state index in [4.69, 9.17) is 0 Å². The standard InChI is InChI=1S/C36H37N5O2S/c1-26-11-21-32(22-12-26)44(42,43)41(31-9-7-6-8-10-31)35-33-23-24-36(25-34(33)37-38-35,27-13-17-29(18-14-27)39(2)3)28-15-19-30(20-16-28)40(4)5/h6-24H,25H2,1-5H3,(H,37,38). The molecular weight excluding hydrogens is 566 g/mol. The van der Waals surface area contributed by atoms with Gasteiger partial charge in [-0.1, -0.05) is 72.3 Å². The Morgan fingerprint density at radius 2 is 1.25 bits per heavy atom. The van der Waals surface area contributed by atoms with Crippen LogP contribution in [0.25, 0.3) is 6.08 Å². The van der Waals surface area contributed by atoms with E-state index in [9.17, 15) is 8.42 Å². The summed E-state index contributed by atoms with van der Waals surface area (Å²) in [7, 11) is 4.16. The molecule has 0 bridgehead atoms. The number of fused-ring (bicyclic) bond motifs is 1. The molecule has 0 aliphatic heterocycles. The highest BCUT2D eigenvalue weighted by Crippen LogP contribution is 2.45. The van der Waals surface area contributed by atoms with E-state index in [-0.39, 0.29) is 4.90 Å². The van der Waals surface area contributed by atoms with Crippen molar-refractivity contribution in [2.24, 2.45) is 0 Å². The molecule has 0 atom stereocenters. The van der Waals surface area contributed by atoms with Crippen LogP contribution < -0.4 is 14.1 Å². The Morgan fingerprint density at radius 3 is 1.77 bits per heavy atom. The van der Waals surface area contributed by atoms with Gasteiger partial charge in [0.05, 0.1) is 10.6 Å². The zero-order chi connectivity index (χ0) is 31.1. The van der Waals surface area contributed by atoms with Crippen LogP contribution in [0.1, 0.15) is 27.9 Å². The van der Waals surface area contributed by atoms with Crippen LogP contribution in [0.15, 0.2) is 114 Å². The number of anilines is 4. The number of para-hydroxylation sites is 1. The van der Waals surface area contributed by atoms with Crippen molar-refractivity contribution in [1.29, 1.82) is 0 Å². The summed E-state index contributed by atoms with van der Waals surface area (Å²) in [6, 6.07) is 33.3. The summed E-state index contributed by atoms with van der Waals surface area (Å²) in [4.78, 5) is 4.38. The number of hydrogen-bond donors (Lipinski definition) is 1. The van der Waals surface area contributed by atoms with Crippen LogP contribution in [0.2, 0.25) is 0 Å². The minimum absolute atomic E-state index is 0.208. The molecule has 0 amide bonds. The van der Waals surface area contributed by atoms with Gasteiger partial charge < -0.3 is 9.80 Å². The minimum atomic E-state index is -3.98. The normalized spacial score (nSPS) is 13.8. The minimum Gasteiger partial charge on any atom is -0.378 e. The van der Waals surface area contributed by atoms with Crippen molar-refractivity contribution in [2.45, 2.75) is 23.7 Å². The zero-order valence-electron chi connectivity index (χ0n) is 25.7. The van der Waals surface area contributed by atoms with Gasteiger partial charge in [0.2, 0.25) is 0 Å². The number of nitrogens with zero attached hydrogens (tertiary/aromatic N) is 4. The van der Waals surface area contributed by atoms with E-state index >= 15 is 0 Å². The van der Waals surface area contributed by atoms with Crippen LogP contribution in [0.4, 0.5) is 22.9 Å². The molecule has 8 heteroatoms. The highest BCUT2D eigenvalue weighted by Gasteiger charge is 2.39. The summed E-state index contributed by atoms with van der Waals surface area (Å²) in [5.41, 5.74) is 7.18. The van der Waals surface area contributed by atoms with Gasteiger partial charge in [0.1, 0.15) is 0 Å². The lowest BCUT2D eigenvalue weighted by atomic mass is 9.68. The first-order valence-electron chi connectivity index (χ1n) is 14.6. The Hall–Kier alpha value is -4.82. The van der Waals surface area contributed by atoms with Gasteiger partial charge in [-0.25, -0.2) is 12.7 Å². The molecule has 1 N–H and O–H groups in total. The third kappa shape index (κ3) is 5.15. The Morgan fingerprint density at radius 1 is 0.705 bits per heavy atom. The molecule has 0 unspecified atom stereocenters. The Kier molecular flexibility index (Phi) is 7.55. The molecule has 1 aliphatic rings. The summed E-state index contributed by atoms with van der Waals surface area (Å²) < 4.78 is 29.8. The van der Waals surface area contributed by atoms with E-state index in [1.165, 1.54) is 4.31 Å². The zero-order valence-corrected chi connectivity index (χ0v) is 26.5. The summed E-state index contributed by atoms with van der Waals surface area (Å²) in [6.45, 7) is 1.94. The fraction of sp³-hybridized carbons (Fsp3) is 0.194. The van der Waals surface area contributed by atoms with Crippen molar-refractivity contribution in [1.82, 2.24) is 10.2 Å². The van der Waals surface area contributed by atoms with E-state index in [0.717, 1.165) is 39.3 Å². The van der Waals surface area contributed by atoms with Crippen molar-refractivity contribution in [3.63, 3.8) is 0 Å². The number of sulfonamides is 1. The van der Waals surface area contributed by atoms with Crippen molar-refractivity contribution in [2.75, 3.05) is 42.3 Å². The maximum Gasteiger partial charge on any atom is 0.269 e. The van der Waals surface area contributed by atoms with Crippen molar-refractivity contribution in [3.8, 4) is 0 Å². The Balaban J connectivity index is 1.49. The SMILES string of the molecule is Cc1ccc(S(=O)(=O)N(c2ccccc2)c2n[nH]c3c2C=CC(c2ccc(N(C)C)cc2)(c2ccc(N(C)C)cc2)C3)cc1. The lowest BCUT2D eigenvalue weighted by Crippen LogP contribution is -2.31. The van der Waals surface area contributed by atoms with Crippen LogP contribution in [-0.4, -0.2) is 46.8 Å². The number of allylic oxidation sites excluding steroid dienone is 1. The molecule has 7 nitrogen and oxygen atoms in total. The smallest absolute Gasteiger partial charge is 0.269 e. The third-order valence-electron chi connectivity index (χ3n) is 8.39. The first kappa shape index (κ1) is 29.3. The number of rotatable bonds is 8. The first-order chi connectivity index (χ1) is 21.1. The van der Waals surface area contributed by atoms with Crippen molar-refractivity contribution in [3.05, 3.63) is 137 Å². The van der Waals surface area contributed by atoms with E-state index in [1.807, 2.05) is 71.5 Å². The average Bonchev–Trinajstić information content (AvgIpc) is 3.44. The second-order valence-corrected chi connectivity index (χ2v) is 13.5. The number of benzene rings is 4. The van der Waals surface area contributed by atoms with Crippen LogP contribution in [0.5, 0.6) is 0 Å². The summed E-state index contributed by atoms with van der Waals surface area (Å²) in [5.74, 6) is 0.350. The molecule has 1 aliphatic carbocycles. The molecule has 0 radical (unpaired) electrons. The average molecular weight is 604 g/mol. The van der Waals surface area contributed by atoms with E-state index < -0.39 is 15.4 Å². The van der Waals surface area contributed by atoms with Gasteiger partial charge in [-0.3, -0.25) is 5.10 Å². The fourth-order valence-corrected chi connectivity index (χ4v) is 7.29. The lowest BCUT2D eigenvalue weighted by molar-refractivity contribution is 0.595. The molecule has 1 aromatic heterocycles. The van der Waals surface area contributed by atoms with E-state index in [0.29, 0.717) is 17.9 Å². The maximum absolute atomic E-state index is 14.2. The molecule has 0 fully saturated rings. The monoisotopic (exact) mass is 603 g/mol. The number of hydrogen-bond acceptors (Lipinski definition) is 5. The van der Waals surface area contributed by atoms with Crippen molar-refractivity contribution >= 4 is 39.0 Å². The van der Waals surface area contributed by atoms with Gasteiger partial charge in [0.25, 0.3) is 10.0 Å². The van der Waals surface area contributed by atoms with Gasteiger partial charge in [0.15, 0.2) is 5.82 Å². The predicted octanol–water partition coefficient (Wildman–Crippen LogP) is 6.93. The molecule has 1 heterocycles. The second-order valence-electron chi connectivity index (χ2n) is 11.7. The number of aromatic nitrogens is 2. The van der Waals surface area contributed by atoms with Gasteiger partial charge in [-0.05, 0) is 66.6 Å². The summed E-state index contributed by atoms with van der Waals surface area (Å²) in [5, 5.41) is 7.91. The number of aryl methyl sites for hydroxylation is 1.